The molecule has 1 aliphatic rings. The maximum absolute atomic E-state index is 6.01. The first-order valence-electron chi connectivity index (χ1n) is 5.64. The van der Waals surface area contributed by atoms with Crippen molar-refractivity contribution in [1.82, 2.24) is 9.97 Å². The summed E-state index contributed by atoms with van der Waals surface area (Å²) < 4.78 is 0. The average Bonchev–Trinajstić information content (AvgIpc) is 3.14. The molecule has 0 unspecified atom stereocenters. The summed E-state index contributed by atoms with van der Waals surface area (Å²) in [6.45, 7) is 0. The number of thioether (sulfide) groups is 1. The van der Waals surface area contributed by atoms with E-state index >= 15 is 0 Å². The van der Waals surface area contributed by atoms with Gasteiger partial charge in [-0.15, -0.1) is 11.8 Å². The van der Waals surface area contributed by atoms with Gasteiger partial charge < -0.3 is 5.32 Å². The lowest BCUT2D eigenvalue weighted by Gasteiger charge is -2.10. The third kappa shape index (κ3) is 2.37. The van der Waals surface area contributed by atoms with Crippen LogP contribution < -0.4 is 5.32 Å². The van der Waals surface area contributed by atoms with Gasteiger partial charge in [0.2, 0.25) is 0 Å². The van der Waals surface area contributed by atoms with Crippen molar-refractivity contribution < 1.29 is 0 Å². The molecule has 0 spiro atoms. The van der Waals surface area contributed by atoms with Crippen molar-refractivity contribution in [3.05, 3.63) is 22.2 Å². The fourth-order valence-electron chi connectivity index (χ4n) is 1.69. The molecule has 0 amide bonds. The predicted molar refractivity (Wildman–Crippen MR) is 78.0 cm³/mol. The van der Waals surface area contributed by atoms with E-state index in [4.69, 9.17) is 23.2 Å². The molecule has 18 heavy (non-hydrogen) atoms. The van der Waals surface area contributed by atoms with Crippen LogP contribution in [0.2, 0.25) is 10.0 Å². The molecule has 3 nitrogen and oxygen atoms in total. The van der Waals surface area contributed by atoms with Crippen LogP contribution in [0.3, 0.4) is 0 Å². The van der Waals surface area contributed by atoms with Crippen LogP contribution in [0.5, 0.6) is 0 Å². The monoisotopic (exact) mass is 299 g/mol. The molecule has 0 bridgehead atoms. The van der Waals surface area contributed by atoms with E-state index in [1.54, 1.807) is 23.9 Å². The molecule has 0 aliphatic heterocycles. The maximum Gasteiger partial charge on any atom is 0.159 e. The van der Waals surface area contributed by atoms with Gasteiger partial charge in [0.15, 0.2) is 5.82 Å². The zero-order valence-electron chi connectivity index (χ0n) is 9.70. The van der Waals surface area contributed by atoms with Crippen molar-refractivity contribution >= 4 is 51.8 Å². The molecule has 1 aromatic heterocycles. The summed E-state index contributed by atoms with van der Waals surface area (Å²) in [6, 6.07) is 4.06. The first-order valence-corrected chi connectivity index (χ1v) is 7.63. The molecule has 0 radical (unpaired) electrons. The fourth-order valence-corrected chi connectivity index (χ4v) is 2.50. The van der Waals surface area contributed by atoms with Crippen molar-refractivity contribution in [1.29, 1.82) is 0 Å². The minimum Gasteiger partial charge on any atom is -0.365 e. The summed E-state index contributed by atoms with van der Waals surface area (Å²) in [5.41, 5.74) is 1.54. The van der Waals surface area contributed by atoms with Crippen molar-refractivity contribution in [3.8, 4) is 0 Å². The normalized spacial score (nSPS) is 15.1. The summed E-state index contributed by atoms with van der Waals surface area (Å²) in [5, 5.41) is 5.30. The number of aromatic nitrogens is 2. The minimum atomic E-state index is 0.507. The molecular weight excluding hydrogens is 289 g/mol. The van der Waals surface area contributed by atoms with Crippen LogP contribution in [0, 0.1) is 0 Å². The highest BCUT2D eigenvalue weighted by molar-refractivity contribution is 7.98. The minimum absolute atomic E-state index is 0.507. The second-order valence-electron chi connectivity index (χ2n) is 4.26. The zero-order chi connectivity index (χ0) is 12.7. The van der Waals surface area contributed by atoms with Crippen LogP contribution in [-0.4, -0.2) is 22.3 Å². The molecule has 1 heterocycles. The highest BCUT2D eigenvalue weighted by Gasteiger charge is 2.23. The van der Waals surface area contributed by atoms with E-state index in [0.29, 0.717) is 16.1 Å². The number of rotatable bonds is 3. The van der Waals surface area contributed by atoms with Gasteiger partial charge in [-0.1, -0.05) is 23.2 Å². The van der Waals surface area contributed by atoms with Gasteiger partial charge >= 0.3 is 0 Å². The maximum atomic E-state index is 6.01. The molecule has 2 aromatic rings. The Bertz CT molecular complexity index is 614. The van der Waals surface area contributed by atoms with Gasteiger partial charge in [-0.05, 0) is 31.2 Å². The Kier molecular flexibility index (Phi) is 3.26. The second-order valence-corrected chi connectivity index (χ2v) is 5.86. The van der Waals surface area contributed by atoms with E-state index in [2.05, 4.69) is 15.3 Å². The largest absolute Gasteiger partial charge is 0.365 e. The molecule has 1 aromatic carbocycles. The molecule has 94 valence electrons. The van der Waals surface area contributed by atoms with E-state index in [1.807, 2.05) is 6.26 Å². The van der Waals surface area contributed by atoms with E-state index in [0.717, 1.165) is 21.9 Å². The van der Waals surface area contributed by atoms with E-state index in [-0.39, 0.29) is 0 Å². The Hall–Kier alpha value is -0.710. The number of nitrogens with one attached hydrogen (secondary N) is 1. The van der Waals surface area contributed by atoms with Gasteiger partial charge in [-0.2, -0.15) is 0 Å². The molecule has 0 atom stereocenters. The van der Waals surface area contributed by atoms with Gasteiger partial charge in [-0.3, -0.25) is 0 Å². The third-order valence-electron chi connectivity index (χ3n) is 2.79. The van der Waals surface area contributed by atoms with Crippen molar-refractivity contribution in [2.45, 2.75) is 23.9 Å². The molecule has 1 saturated carbocycles. The van der Waals surface area contributed by atoms with Crippen molar-refractivity contribution in [2.24, 2.45) is 0 Å². The third-order valence-corrected chi connectivity index (χ3v) is 4.18. The number of nitrogens with zero attached hydrogens (tertiary/aromatic N) is 2. The van der Waals surface area contributed by atoms with Gasteiger partial charge in [-0.25, -0.2) is 9.97 Å². The number of hydrogen-bond donors (Lipinski definition) is 1. The van der Waals surface area contributed by atoms with Crippen LogP contribution in [0.15, 0.2) is 17.2 Å². The smallest absolute Gasteiger partial charge is 0.159 e. The lowest BCUT2D eigenvalue weighted by Crippen LogP contribution is -2.06. The summed E-state index contributed by atoms with van der Waals surface area (Å²) >= 11 is 13.6. The van der Waals surface area contributed by atoms with Crippen LogP contribution in [0.25, 0.3) is 11.0 Å². The predicted octanol–water partition coefficient (Wildman–Crippen LogP) is 4.23. The van der Waals surface area contributed by atoms with Gasteiger partial charge in [0.25, 0.3) is 0 Å². The van der Waals surface area contributed by atoms with E-state index in [1.165, 1.54) is 12.8 Å². The van der Waals surface area contributed by atoms with E-state index < -0.39 is 0 Å². The van der Waals surface area contributed by atoms with Crippen LogP contribution in [-0.2, 0) is 0 Å². The SMILES string of the molecule is CSc1nc2cc(Cl)c(Cl)cc2nc1NC1CC1. The van der Waals surface area contributed by atoms with Crippen LogP contribution in [0.4, 0.5) is 5.82 Å². The standard InChI is InChI=1S/C12H11Cl2N3S/c1-18-12-11(15-6-2-3-6)16-9-4-7(13)8(14)5-10(9)17-12/h4-6H,2-3H2,1H3,(H,15,16). The summed E-state index contributed by atoms with van der Waals surface area (Å²) in [7, 11) is 0. The Labute approximate surface area is 119 Å². The van der Waals surface area contributed by atoms with E-state index in [9.17, 15) is 0 Å². The van der Waals surface area contributed by atoms with Crippen molar-refractivity contribution in [2.75, 3.05) is 11.6 Å². The Balaban J connectivity index is 2.13. The molecule has 0 saturated heterocycles. The molecule has 1 aliphatic carbocycles. The number of fused-ring (bicyclic) bond motifs is 1. The van der Waals surface area contributed by atoms with Gasteiger partial charge in [0.05, 0.1) is 21.1 Å². The molecule has 6 heteroatoms. The first kappa shape index (κ1) is 12.3. The van der Waals surface area contributed by atoms with Crippen LogP contribution in [0.1, 0.15) is 12.8 Å². The average molecular weight is 300 g/mol. The Morgan fingerprint density at radius 3 is 2.33 bits per heavy atom. The Morgan fingerprint density at radius 1 is 1.17 bits per heavy atom. The first-order chi connectivity index (χ1) is 8.67. The van der Waals surface area contributed by atoms with Gasteiger partial charge in [0.1, 0.15) is 5.03 Å². The molecular formula is C12H11Cl2N3S. The summed E-state index contributed by atoms with van der Waals surface area (Å²) in [6.07, 6.45) is 4.40. The fraction of sp³-hybridized carbons (Fsp3) is 0.333. The lowest BCUT2D eigenvalue weighted by molar-refractivity contribution is 1.05. The number of benzene rings is 1. The molecule has 1 fully saturated rings. The number of hydrogen-bond acceptors (Lipinski definition) is 4. The summed E-state index contributed by atoms with van der Waals surface area (Å²) in [5.74, 6) is 0.843. The van der Waals surface area contributed by atoms with Crippen LogP contribution >= 0.6 is 35.0 Å². The molecule has 3 rings (SSSR count). The number of halogens is 2. The Morgan fingerprint density at radius 2 is 1.78 bits per heavy atom. The highest BCUT2D eigenvalue weighted by atomic mass is 35.5. The lowest BCUT2D eigenvalue weighted by atomic mass is 10.3. The van der Waals surface area contributed by atoms with Gasteiger partial charge in [0, 0.05) is 6.04 Å². The number of anilines is 1. The van der Waals surface area contributed by atoms with Crippen molar-refractivity contribution in [3.63, 3.8) is 0 Å². The zero-order valence-corrected chi connectivity index (χ0v) is 12.0. The quantitative estimate of drug-likeness (QED) is 0.861. The summed E-state index contributed by atoms with van der Waals surface area (Å²) in [4.78, 5) is 9.16. The second kappa shape index (κ2) is 4.76. The molecule has 1 N–H and O–H groups in total. The highest BCUT2D eigenvalue weighted by Crippen LogP contribution is 2.32. The topological polar surface area (TPSA) is 37.8 Å².